The zero-order valence-electron chi connectivity index (χ0n) is 10.6. The second-order valence-corrected chi connectivity index (χ2v) is 5.84. The average molecular weight is 339 g/mol. The van der Waals surface area contributed by atoms with E-state index in [1.54, 1.807) is 12.1 Å². The third-order valence-corrected chi connectivity index (χ3v) is 4.07. The van der Waals surface area contributed by atoms with Gasteiger partial charge >= 0.3 is 12.1 Å². The highest BCUT2D eigenvalue weighted by atomic mass is 32.2. The highest BCUT2D eigenvalue weighted by Gasteiger charge is 2.27. The Kier molecular flexibility index (Phi) is 6.90. The third-order valence-electron chi connectivity index (χ3n) is 2.01. The van der Waals surface area contributed by atoms with Crippen molar-refractivity contribution in [1.29, 1.82) is 0 Å². The number of alkyl halides is 3. The zero-order valence-corrected chi connectivity index (χ0v) is 12.3. The summed E-state index contributed by atoms with van der Waals surface area (Å²) in [6.07, 6.45) is -4.29. The van der Waals surface area contributed by atoms with Crippen molar-refractivity contribution in [3.63, 3.8) is 0 Å². The molecular formula is C12H12F3NO3S2. The van der Waals surface area contributed by atoms with Crippen LogP contribution in [0.15, 0.2) is 29.2 Å². The number of amides is 1. The van der Waals surface area contributed by atoms with Crippen LogP contribution >= 0.6 is 23.5 Å². The largest absolute Gasteiger partial charge is 0.481 e. The van der Waals surface area contributed by atoms with Crippen LogP contribution in [0.2, 0.25) is 0 Å². The van der Waals surface area contributed by atoms with Gasteiger partial charge in [0.2, 0.25) is 5.91 Å². The van der Waals surface area contributed by atoms with Crippen molar-refractivity contribution >= 4 is 41.1 Å². The van der Waals surface area contributed by atoms with Crippen molar-refractivity contribution in [2.24, 2.45) is 0 Å². The van der Waals surface area contributed by atoms with Gasteiger partial charge in [0.05, 0.1) is 22.9 Å². The Morgan fingerprint density at radius 1 is 1.19 bits per heavy atom. The van der Waals surface area contributed by atoms with Crippen molar-refractivity contribution in [2.75, 3.05) is 22.6 Å². The van der Waals surface area contributed by atoms with Crippen molar-refractivity contribution in [2.45, 2.75) is 11.1 Å². The van der Waals surface area contributed by atoms with Gasteiger partial charge in [-0.3, -0.25) is 9.59 Å². The number of thioether (sulfide) groups is 2. The maximum atomic E-state index is 12.2. The molecule has 1 aromatic rings. The summed E-state index contributed by atoms with van der Waals surface area (Å²) in [7, 11) is 0. The number of carbonyl (C=O) groups is 2. The lowest BCUT2D eigenvalue weighted by molar-refractivity contribution is -0.133. The molecule has 116 valence electrons. The average Bonchev–Trinajstić information content (AvgIpc) is 2.36. The molecule has 2 N–H and O–H groups in total. The maximum absolute atomic E-state index is 12.2. The number of rotatable bonds is 7. The standard InChI is InChI=1S/C12H12F3NO3S2/c13-12(14,15)7-21-9-4-2-1-3-8(9)16-10(17)5-20-6-11(18)19/h1-4H,5-7H2,(H,16,17)(H,18,19). The van der Waals surface area contributed by atoms with Crippen LogP contribution in [0, 0.1) is 0 Å². The van der Waals surface area contributed by atoms with Crippen LogP contribution in [0.4, 0.5) is 18.9 Å². The monoisotopic (exact) mass is 339 g/mol. The van der Waals surface area contributed by atoms with Crippen LogP contribution in [0.3, 0.4) is 0 Å². The van der Waals surface area contributed by atoms with E-state index in [2.05, 4.69) is 5.32 Å². The van der Waals surface area contributed by atoms with Gasteiger partial charge in [0.1, 0.15) is 0 Å². The summed E-state index contributed by atoms with van der Waals surface area (Å²) in [6.45, 7) is 0. The molecule has 1 amide bonds. The molecule has 0 aliphatic carbocycles. The maximum Gasteiger partial charge on any atom is 0.398 e. The number of nitrogens with one attached hydrogen (secondary N) is 1. The van der Waals surface area contributed by atoms with Crippen LogP contribution in [-0.2, 0) is 9.59 Å². The first-order valence-corrected chi connectivity index (χ1v) is 7.80. The van der Waals surface area contributed by atoms with E-state index in [1.165, 1.54) is 12.1 Å². The highest BCUT2D eigenvalue weighted by molar-refractivity contribution is 8.00. The van der Waals surface area contributed by atoms with Crippen LogP contribution < -0.4 is 5.32 Å². The summed E-state index contributed by atoms with van der Waals surface area (Å²) in [4.78, 5) is 22.2. The predicted octanol–water partition coefficient (Wildman–Crippen LogP) is 3.10. The molecule has 0 radical (unpaired) electrons. The number of aliphatic carboxylic acids is 1. The quantitative estimate of drug-likeness (QED) is 0.747. The number of hydrogen-bond donors (Lipinski definition) is 2. The zero-order chi connectivity index (χ0) is 15.9. The van der Waals surface area contributed by atoms with Gasteiger partial charge in [-0.2, -0.15) is 13.2 Å². The van der Waals surface area contributed by atoms with Crippen molar-refractivity contribution in [3.8, 4) is 0 Å². The minimum absolute atomic E-state index is 0.0788. The smallest absolute Gasteiger partial charge is 0.398 e. The van der Waals surface area contributed by atoms with E-state index in [4.69, 9.17) is 5.11 Å². The summed E-state index contributed by atoms with van der Waals surface area (Å²) in [5, 5.41) is 10.9. The minimum atomic E-state index is -4.29. The van der Waals surface area contributed by atoms with Gasteiger partial charge in [-0.05, 0) is 12.1 Å². The second kappa shape index (κ2) is 8.18. The molecule has 0 fully saturated rings. The molecule has 0 spiro atoms. The van der Waals surface area contributed by atoms with Gasteiger partial charge in [-0.15, -0.1) is 23.5 Å². The fourth-order valence-electron chi connectivity index (χ4n) is 1.27. The Bertz CT molecular complexity index is 509. The molecule has 0 atom stereocenters. The van der Waals surface area contributed by atoms with Crippen LogP contribution in [0.1, 0.15) is 0 Å². The molecule has 0 saturated heterocycles. The van der Waals surface area contributed by atoms with E-state index >= 15 is 0 Å². The number of hydrogen-bond acceptors (Lipinski definition) is 4. The summed E-state index contributed by atoms with van der Waals surface area (Å²) in [5.74, 6) is -2.83. The first-order valence-electron chi connectivity index (χ1n) is 5.66. The van der Waals surface area contributed by atoms with Gasteiger partial charge in [0.15, 0.2) is 0 Å². The van der Waals surface area contributed by atoms with Crippen molar-refractivity contribution in [1.82, 2.24) is 0 Å². The van der Waals surface area contributed by atoms with Gasteiger partial charge in [0, 0.05) is 4.90 Å². The summed E-state index contributed by atoms with van der Waals surface area (Å²) in [6, 6.07) is 6.15. The lowest BCUT2D eigenvalue weighted by atomic mass is 10.3. The SMILES string of the molecule is O=C(O)CSCC(=O)Nc1ccccc1SCC(F)(F)F. The van der Waals surface area contributed by atoms with Gasteiger partial charge in [-0.1, -0.05) is 12.1 Å². The topological polar surface area (TPSA) is 66.4 Å². The van der Waals surface area contributed by atoms with Crippen molar-refractivity contribution < 1.29 is 27.9 Å². The number of carboxylic acid groups (broad SMARTS) is 1. The molecule has 0 aliphatic heterocycles. The lowest BCUT2D eigenvalue weighted by Gasteiger charge is -2.11. The Morgan fingerprint density at radius 3 is 2.48 bits per heavy atom. The number of halogens is 3. The Morgan fingerprint density at radius 2 is 1.86 bits per heavy atom. The first-order chi connectivity index (χ1) is 9.78. The number of benzene rings is 1. The molecule has 0 saturated carbocycles. The summed E-state index contributed by atoms with van der Waals surface area (Å²) < 4.78 is 36.6. The van der Waals surface area contributed by atoms with E-state index in [-0.39, 0.29) is 17.2 Å². The fourth-order valence-corrected chi connectivity index (χ4v) is 2.58. The molecule has 21 heavy (non-hydrogen) atoms. The minimum Gasteiger partial charge on any atom is -0.481 e. The second-order valence-electron chi connectivity index (χ2n) is 3.83. The Labute approximate surface area is 127 Å². The van der Waals surface area contributed by atoms with E-state index in [1.807, 2.05) is 0 Å². The predicted molar refractivity (Wildman–Crippen MR) is 76.8 cm³/mol. The molecule has 0 aromatic heterocycles. The van der Waals surface area contributed by atoms with Crippen molar-refractivity contribution in [3.05, 3.63) is 24.3 Å². The third kappa shape index (κ3) is 7.86. The Balaban J connectivity index is 2.58. The van der Waals surface area contributed by atoms with Gasteiger partial charge < -0.3 is 10.4 Å². The molecule has 4 nitrogen and oxygen atoms in total. The molecule has 0 unspecified atom stereocenters. The number of para-hydroxylation sites is 1. The summed E-state index contributed by atoms with van der Waals surface area (Å²) >= 11 is 1.50. The van der Waals surface area contributed by atoms with Crippen LogP contribution in [0.25, 0.3) is 0 Å². The summed E-state index contributed by atoms with van der Waals surface area (Å²) in [5.41, 5.74) is 0.285. The number of anilines is 1. The van der Waals surface area contributed by atoms with E-state index in [0.29, 0.717) is 16.7 Å². The van der Waals surface area contributed by atoms with E-state index < -0.39 is 23.8 Å². The first kappa shape index (κ1) is 17.7. The fraction of sp³-hybridized carbons (Fsp3) is 0.333. The molecule has 0 aliphatic rings. The molecule has 0 bridgehead atoms. The van der Waals surface area contributed by atoms with Crippen LogP contribution in [0.5, 0.6) is 0 Å². The molecule has 9 heteroatoms. The lowest BCUT2D eigenvalue weighted by Crippen LogP contribution is -2.16. The highest BCUT2D eigenvalue weighted by Crippen LogP contribution is 2.32. The van der Waals surface area contributed by atoms with E-state index in [9.17, 15) is 22.8 Å². The van der Waals surface area contributed by atoms with Gasteiger partial charge in [0.25, 0.3) is 0 Å². The number of carbonyl (C=O) groups excluding carboxylic acids is 1. The van der Waals surface area contributed by atoms with Gasteiger partial charge in [-0.25, -0.2) is 0 Å². The number of carboxylic acids is 1. The molecule has 0 heterocycles. The molecule has 1 rings (SSSR count). The van der Waals surface area contributed by atoms with Crippen LogP contribution in [-0.4, -0.2) is 40.4 Å². The Hall–Kier alpha value is -1.35. The van der Waals surface area contributed by atoms with E-state index in [0.717, 1.165) is 11.8 Å². The molecule has 1 aromatic carbocycles. The molecular weight excluding hydrogens is 327 g/mol. The normalized spacial score (nSPS) is 11.2.